The average molecular weight is 561 g/mol. The molecule has 0 bridgehead atoms. The Morgan fingerprint density at radius 1 is 1.13 bits per heavy atom. The molecule has 1 saturated carbocycles. The van der Waals surface area contributed by atoms with Crippen LogP contribution in [0.4, 0.5) is 32.0 Å². The van der Waals surface area contributed by atoms with Gasteiger partial charge >= 0.3 is 6.18 Å². The van der Waals surface area contributed by atoms with Crippen LogP contribution in [-0.2, 0) is 28.2 Å². The Morgan fingerprint density at radius 3 is 2.32 bits per heavy atom. The van der Waals surface area contributed by atoms with Crippen LogP contribution < -0.4 is 11.2 Å². The summed E-state index contributed by atoms with van der Waals surface area (Å²) in [5.41, 5.74) is -3.35. The summed E-state index contributed by atoms with van der Waals surface area (Å²) in [7, 11) is -1.16. The summed E-state index contributed by atoms with van der Waals surface area (Å²) in [5.74, 6) is 0.448. The first kappa shape index (κ1) is 29.3. The van der Waals surface area contributed by atoms with E-state index in [1.807, 2.05) is 0 Å². The highest BCUT2D eigenvalue weighted by atomic mass is 32.2. The number of nitrogens with one attached hydrogen (secondary N) is 1. The van der Waals surface area contributed by atoms with Gasteiger partial charge in [-0.05, 0) is 36.6 Å². The number of anilines is 1. The molecular formula is C25H26F6N4O2S. The van der Waals surface area contributed by atoms with Gasteiger partial charge in [-0.25, -0.2) is 13.2 Å². The summed E-state index contributed by atoms with van der Waals surface area (Å²) in [6.45, 7) is 0.165. The molecule has 1 fully saturated rings. The highest BCUT2D eigenvalue weighted by Crippen LogP contribution is 2.34. The summed E-state index contributed by atoms with van der Waals surface area (Å²) in [4.78, 5) is 16.5. The summed E-state index contributed by atoms with van der Waals surface area (Å²) in [5, 5.41) is 5.54. The molecule has 1 amide bonds. The van der Waals surface area contributed by atoms with Crippen molar-refractivity contribution in [2.45, 2.75) is 49.4 Å². The molecule has 0 aromatic heterocycles. The minimum atomic E-state index is -4.95. The van der Waals surface area contributed by atoms with Crippen LogP contribution in [0.5, 0.6) is 0 Å². The number of carbonyl (C=O) groups excluding carboxylic acids is 1. The van der Waals surface area contributed by atoms with Crippen LogP contribution in [0.15, 0.2) is 40.4 Å². The Hall–Kier alpha value is -3.22. The van der Waals surface area contributed by atoms with Crippen molar-refractivity contribution in [3.05, 3.63) is 64.5 Å². The quantitative estimate of drug-likeness (QED) is 0.203. The van der Waals surface area contributed by atoms with E-state index >= 15 is 0 Å². The SMILES string of the molecule is CS(=O)C1(CN=C/C(=N\N)c2c(F)cc(NC(=O)Cc3cccc(C(F)(F)F)c3F)cc2F)CCCCC1. The summed E-state index contributed by atoms with van der Waals surface area (Å²) >= 11 is 0. The number of hydrogen-bond acceptors (Lipinski definition) is 5. The Balaban J connectivity index is 1.75. The van der Waals surface area contributed by atoms with E-state index in [1.165, 1.54) is 0 Å². The minimum Gasteiger partial charge on any atom is -0.326 e. The average Bonchev–Trinajstić information content (AvgIpc) is 2.83. The van der Waals surface area contributed by atoms with Gasteiger partial charge in [-0.3, -0.25) is 14.0 Å². The molecule has 1 aliphatic carbocycles. The van der Waals surface area contributed by atoms with Gasteiger partial charge in [-0.15, -0.1) is 0 Å². The Labute approximate surface area is 217 Å². The molecule has 0 aliphatic heterocycles. The first-order valence-electron chi connectivity index (χ1n) is 11.6. The lowest BCUT2D eigenvalue weighted by atomic mass is 9.88. The van der Waals surface area contributed by atoms with Gasteiger partial charge < -0.3 is 11.2 Å². The molecule has 0 spiro atoms. The van der Waals surface area contributed by atoms with Gasteiger partial charge in [0, 0.05) is 29.0 Å². The van der Waals surface area contributed by atoms with Gasteiger partial charge in [-0.2, -0.15) is 18.3 Å². The van der Waals surface area contributed by atoms with Gasteiger partial charge in [-0.1, -0.05) is 31.4 Å². The normalized spacial score (nSPS) is 17.0. The second-order valence-corrected chi connectivity index (χ2v) is 10.8. The van der Waals surface area contributed by atoms with E-state index in [0.29, 0.717) is 18.9 Å². The largest absolute Gasteiger partial charge is 0.419 e. The number of alkyl halides is 3. The lowest BCUT2D eigenvalue weighted by Gasteiger charge is -2.33. The van der Waals surface area contributed by atoms with Crippen molar-refractivity contribution in [3.8, 4) is 0 Å². The van der Waals surface area contributed by atoms with Crippen LogP contribution in [0.1, 0.15) is 48.8 Å². The molecule has 13 heteroatoms. The van der Waals surface area contributed by atoms with Gasteiger partial charge in [0.1, 0.15) is 23.2 Å². The molecular weight excluding hydrogens is 534 g/mol. The van der Waals surface area contributed by atoms with Crippen molar-refractivity contribution >= 4 is 34.3 Å². The third-order valence-electron chi connectivity index (χ3n) is 6.42. The Bertz CT molecular complexity index is 1250. The molecule has 1 aliphatic rings. The highest BCUT2D eigenvalue weighted by molar-refractivity contribution is 7.85. The van der Waals surface area contributed by atoms with Crippen LogP contribution in [0.3, 0.4) is 0 Å². The lowest BCUT2D eigenvalue weighted by Crippen LogP contribution is -2.39. The summed E-state index contributed by atoms with van der Waals surface area (Å²) < 4.78 is 94.3. The zero-order valence-electron chi connectivity index (χ0n) is 20.4. The molecule has 2 aromatic rings. The predicted molar refractivity (Wildman–Crippen MR) is 134 cm³/mol. The van der Waals surface area contributed by atoms with Crippen LogP contribution >= 0.6 is 0 Å². The van der Waals surface area contributed by atoms with Crippen molar-refractivity contribution in [2.75, 3.05) is 18.1 Å². The standard InChI is InChI=1S/C25H26F6N4O2S/c1-38(37)24(8-3-2-4-9-24)14-33-13-20(35-32)22-18(26)11-16(12-19(22)27)34-21(36)10-15-6-5-7-17(23(15)28)25(29,30)31/h5-7,11-13H,2-4,8-10,14,32H2,1H3,(H,34,36)/b33-13?,35-20+. The number of amides is 1. The second kappa shape index (κ2) is 12.1. The van der Waals surface area contributed by atoms with Crippen molar-refractivity contribution in [1.82, 2.24) is 0 Å². The molecule has 206 valence electrons. The molecule has 0 saturated heterocycles. The topological polar surface area (TPSA) is 96.9 Å². The maximum absolute atomic E-state index is 14.8. The Kier molecular flexibility index (Phi) is 9.34. The van der Waals surface area contributed by atoms with Crippen molar-refractivity contribution in [1.29, 1.82) is 0 Å². The molecule has 1 atom stereocenters. The van der Waals surface area contributed by atoms with Gasteiger partial charge in [0.05, 0.1) is 28.8 Å². The smallest absolute Gasteiger partial charge is 0.326 e. The van der Waals surface area contributed by atoms with Gasteiger partial charge in [0.2, 0.25) is 5.91 Å². The third-order valence-corrected chi connectivity index (χ3v) is 8.18. The maximum atomic E-state index is 14.8. The molecule has 2 aromatic carbocycles. The van der Waals surface area contributed by atoms with Crippen molar-refractivity contribution in [2.24, 2.45) is 15.9 Å². The van der Waals surface area contributed by atoms with E-state index in [2.05, 4.69) is 15.4 Å². The Morgan fingerprint density at radius 2 is 1.76 bits per heavy atom. The number of hydrazone groups is 1. The number of benzene rings is 2. The van der Waals surface area contributed by atoms with E-state index in [0.717, 1.165) is 49.7 Å². The third kappa shape index (κ3) is 6.80. The second-order valence-electron chi connectivity index (χ2n) is 9.00. The minimum absolute atomic E-state index is 0.165. The lowest BCUT2D eigenvalue weighted by molar-refractivity contribution is -0.140. The van der Waals surface area contributed by atoms with E-state index < -0.39 is 68.2 Å². The molecule has 0 heterocycles. The van der Waals surface area contributed by atoms with Gasteiger partial charge in [0.25, 0.3) is 0 Å². The monoisotopic (exact) mass is 560 g/mol. The van der Waals surface area contributed by atoms with Gasteiger partial charge in [0.15, 0.2) is 0 Å². The van der Waals surface area contributed by atoms with Crippen molar-refractivity contribution < 1.29 is 35.3 Å². The van der Waals surface area contributed by atoms with E-state index in [4.69, 9.17) is 5.84 Å². The number of nitrogens with two attached hydrogens (primary N) is 1. The molecule has 3 rings (SSSR count). The highest BCUT2D eigenvalue weighted by Gasteiger charge is 2.36. The zero-order chi connectivity index (χ0) is 28.1. The fourth-order valence-corrected chi connectivity index (χ4v) is 5.52. The van der Waals surface area contributed by atoms with E-state index in [1.54, 1.807) is 6.26 Å². The van der Waals surface area contributed by atoms with E-state index in [-0.39, 0.29) is 17.9 Å². The first-order valence-corrected chi connectivity index (χ1v) is 13.2. The first-order chi connectivity index (χ1) is 17.9. The maximum Gasteiger partial charge on any atom is 0.419 e. The van der Waals surface area contributed by atoms with E-state index in [9.17, 15) is 35.3 Å². The van der Waals surface area contributed by atoms with Crippen LogP contribution in [0.25, 0.3) is 0 Å². The number of hydrogen-bond donors (Lipinski definition) is 2. The van der Waals surface area contributed by atoms with Crippen LogP contribution in [-0.4, -0.2) is 39.6 Å². The molecule has 38 heavy (non-hydrogen) atoms. The molecule has 0 radical (unpaired) electrons. The number of aliphatic imine (C=N–C) groups is 1. The summed E-state index contributed by atoms with van der Waals surface area (Å²) in [6.07, 6.45) is 1.22. The number of carbonyl (C=O) groups is 1. The predicted octanol–water partition coefficient (Wildman–Crippen LogP) is 5.12. The van der Waals surface area contributed by atoms with Crippen LogP contribution in [0.2, 0.25) is 0 Å². The van der Waals surface area contributed by atoms with Crippen LogP contribution in [0, 0.1) is 17.5 Å². The summed E-state index contributed by atoms with van der Waals surface area (Å²) in [6, 6.07) is 4.02. The fourth-order valence-electron chi connectivity index (χ4n) is 4.40. The zero-order valence-corrected chi connectivity index (χ0v) is 21.2. The number of rotatable bonds is 8. The molecule has 6 nitrogen and oxygen atoms in total. The number of halogens is 6. The fraction of sp³-hybridized carbons (Fsp3) is 0.400. The number of nitrogens with zero attached hydrogens (tertiary/aromatic N) is 2. The molecule has 3 N–H and O–H groups in total. The van der Waals surface area contributed by atoms with Crippen molar-refractivity contribution in [3.63, 3.8) is 0 Å². The molecule has 1 unspecified atom stereocenters.